The van der Waals surface area contributed by atoms with Crippen LogP contribution in [0.5, 0.6) is 0 Å². The minimum Gasteiger partial charge on any atom is -2.00 e. The van der Waals surface area contributed by atoms with E-state index >= 15 is 0 Å². The third-order valence-corrected chi connectivity index (χ3v) is 0. The van der Waals surface area contributed by atoms with Crippen molar-refractivity contribution < 1.29 is 162 Å². The minimum absolute atomic E-state index is 0. The summed E-state index contributed by atoms with van der Waals surface area (Å²) in [6.45, 7) is 0. The molecule has 0 aromatic heterocycles. The Bertz CT molecular complexity index is 14.4. The van der Waals surface area contributed by atoms with Crippen molar-refractivity contribution >= 4 is 0 Å². The Labute approximate surface area is 158 Å². The normalized spacial score (nSPS) is 0. The van der Waals surface area contributed by atoms with Gasteiger partial charge in [-0.1, -0.05) is 0 Å². The maximum atomic E-state index is 0. The van der Waals surface area contributed by atoms with E-state index in [1.165, 1.54) is 0 Å². The van der Waals surface area contributed by atoms with Gasteiger partial charge in [-0.2, -0.15) is 0 Å². The molecule has 0 aromatic rings. The van der Waals surface area contributed by atoms with Crippen molar-refractivity contribution in [2.24, 2.45) is 0 Å². The van der Waals surface area contributed by atoms with Gasteiger partial charge in [0.15, 0.2) is 0 Å². The molecule has 0 amide bonds. The zero-order valence-corrected chi connectivity index (χ0v) is 15.6. The molecular weight excluding hydrogens is 777 g/mol. The van der Waals surface area contributed by atoms with Gasteiger partial charge < -0.3 is 38.3 Å². The van der Waals surface area contributed by atoms with Crippen molar-refractivity contribution in [1.29, 1.82) is 0 Å². The summed E-state index contributed by atoms with van der Waals surface area (Å²) in [6.07, 6.45) is 0. The maximum absolute atomic E-state index is 0. The molecule has 0 aliphatic rings. The van der Waals surface area contributed by atoms with E-state index in [1.807, 2.05) is 0 Å². The van der Waals surface area contributed by atoms with E-state index in [2.05, 4.69) is 0 Å². The molecule has 0 aliphatic carbocycles. The molecule has 0 N–H and O–H groups in total. The summed E-state index contributed by atoms with van der Waals surface area (Å²) in [5, 5.41) is 0. The minimum atomic E-state index is 0. The molecular formula is Ce2Ir2O7-8. The number of hydrogen-bond donors (Lipinski definition) is 0. The van der Waals surface area contributed by atoms with Crippen molar-refractivity contribution in [3.05, 3.63) is 0 Å². The third-order valence-electron chi connectivity index (χ3n) is 0. The molecule has 11 heavy (non-hydrogen) atoms. The molecule has 0 fully saturated rings. The van der Waals surface area contributed by atoms with Gasteiger partial charge in [0, 0.05) is 40.2 Å². The van der Waals surface area contributed by atoms with Crippen molar-refractivity contribution in [1.82, 2.24) is 0 Å². The molecule has 0 saturated heterocycles. The Kier molecular flexibility index (Phi) is 2830. The van der Waals surface area contributed by atoms with E-state index < -0.39 is 0 Å². The van der Waals surface area contributed by atoms with Gasteiger partial charge in [-0.3, -0.25) is 0 Å². The van der Waals surface area contributed by atoms with E-state index in [1.54, 1.807) is 0 Å². The zero-order valence-electron chi connectivity index (χ0n) is 4.52. The SMILES string of the molecule is [Ce+3].[Ce+3].[Ir].[Ir].[O-2].[O-2].[O-2].[O-2].[O-2].[O-2].[O-2]. The molecule has 0 aromatic carbocycles. The van der Waals surface area contributed by atoms with Crippen LogP contribution >= 0.6 is 0 Å². The molecule has 0 aliphatic heterocycles. The van der Waals surface area contributed by atoms with Crippen LogP contribution in [0.1, 0.15) is 0 Å². The topological polar surface area (TPSA) is 200 Å². The van der Waals surface area contributed by atoms with Gasteiger partial charge in [0.2, 0.25) is 0 Å². The molecule has 11 heteroatoms. The molecule has 0 heterocycles. The van der Waals surface area contributed by atoms with Crippen LogP contribution in [0.3, 0.4) is 0 Å². The average Bonchev–Trinajstić information content (AvgIpc) is 0. The first-order chi connectivity index (χ1) is 0. The fourth-order valence-corrected chi connectivity index (χ4v) is 0. The van der Waals surface area contributed by atoms with Crippen LogP contribution in [-0.4, -0.2) is 0 Å². The first kappa shape index (κ1) is 197. The fourth-order valence-electron chi connectivity index (χ4n) is 0. The summed E-state index contributed by atoms with van der Waals surface area (Å²) in [6, 6.07) is 0. The Morgan fingerprint density at radius 1 is 0.273 bits per heavy atom. The summed E-state index contributed by atoms with van der Waals surface area (Å²) in [4.78, 5) is 0. The molecule has 7 nitrogen and oxygen atoms in total. The van der Waals surface area contributed by atoms with Crippen LogP contribution in [0, 0.1) is 83.5 Å². The van der Waals surface area contributed by atoms with Crippen LogP contribution in [0.25, 0.3) is 0 Å². The van der Waals surface area contributed by atoms with E-state index in [-0.39, 0.29) is 162 Å². The molecule has 0 atom stereocenters. The summed E-state index contributed by atoms with van der Waals surface area (Å²) < 4.78 is 0. The summed E-state index contributed by atoms with van der Waals surface area (Å²) >= 11 is 0. The van der Waals surface area contributed by atoms with Crippen molar-refractivity contribution in [2.45, 2.75) is 0 Å². The second-order valence-corrected chi connectivity index (χ2v) is 0. The quantitative estimate of drug-likeness (QED) is 0.296. The Morgan fingerprint density at radius 2 is 0.273 bits per heavy atom. The van der Waals surface area contributed by atoms with E-state index in [0.29, 0.717) is 0 Å². The summed E-state index contributed by atoms with van der Waals surface area (Å²) in [7, 11) is 0. The van der Waals surface area contributed by atoms with Crippen molar-refractivity contribution in [3.63, 3.8) is 0 Å². The molecule has 0 unspecified atom stereocenters. The van der Waals surface area contributed by atoms with Crippen LogP contribution in [0.15, 0.2) is 0 Å². The average molecular weight is 777 g/mol. The summed E-state index contributed by atoms with van der Waals surface area (Å²) in [5.74, 6) is 0. The van der Waals surface area contributed by atoms with E-state index in [9.17, 15) is 0 Å². The number of rotatable bonds is 0. The molecule has 4 radical (unpaired) electrons. The largest absolute Gasteiger partial charge is 3.00 e. The monoisotopic (exact) mass is 778 g/mol. The van der Waals surface area contributed by atoms with Gasteiger partial charge in [-0.15, -0.1) is 0 Å². The van der Waals surface area contributed by atoms with Gasteiger partial charge in [0.1, 0.15) is 0 Å². The fraction of sp³-hybridized carbons (Fsp3) is 0. The van der Waals surface area contributed by atoms with E-state index in [0.717, 1.165) is 0 Å². The van der Waals surface area contributed by atoms with Gasteiger partial charge in [-0.25, -0.2) is 0 Å². The second kappa shape index (κ2) is 158. The van der Waals surface area contributed by atoms with E-state index in [4.69, 9.17) is 0 Å². The maximum Gasteiger partial charge on any atom is 3.00 e. The molecule has 0 bridgehead atoms. The predicted octanol–water partition coefficient (Wildman–Crippen LogP) is -0.837. The third kappa shape index (κ3) is 134. The summed E-state index contributed by atoms with van der Waals surface area (Å²) in [5.41, 5.74) is 0. The Balaban J connectivity index is 0. The van der Waals surface area contributed by atoms with Crippen LogP contribution in [0.4, 0.5) is 0 Å². The van der Waals surface area contributed by atoms with Gasteiger partial charge in [-0.05, 0) is 0 Å². The van der Waals surface area contributed by atoms with Crippen molar-refractivity contribution in [2.75, 3.05) is 0 Å². The number of hydrogen-bond acceptors (Lipinski definition) is 0. The van der Waals surface area contributed by atoms with Gasteiger partial charge >= 0.3 is 83.5 Å². The Morgan fingerprint density at radius 3 is 0.273 bits per heavy atom. The smallest absolute Gasteiger partial charge is 2.00 e. The molecule has 0 spiro atoms. The van der Waals surface area contributed by atoms with Crippen LogP contribution in [-0.2, 0) is 78.5 Å². The molecule has 76 valence electrons. The van der Waals surface area contributed by atoms with Crippen LogP contribution in [0.2, 0.25) is 0 Å². The van der Waals surface area contributed by atoms with Crippen LogP contribution < -0.4 is 0 Å². The molecule has 0 saturated carbocycles. The standard InChI is InChI=1S/2Ce.2Ir.7O/q2*+3;;;7*-2. The second-order valence-electron chi connectivity index (χ2n) is 0. The first-order valence-corrected chi connectivity index (χ1v) is 0. The predicted molar refractivity (Wildman–Crippen MR) is 4.81 cm³/mol. The molecule has 0 rings (SSSR count). The first-order valence-electron chi connectivity index (χ1n) is 0. The van der Waals surface area contributed by atoms with Crippen molar-refractivity contribution in [3.8, 4) is 0 Å². The Hall–Kier alpha value is 3.77. The van der Waals surface area contributed by atoms with Gasteiger partial charge in [0.25, 0.3) is 0 Å². The zero-order chi connectivity index (χ0) is 0. The van der Waals surface area contributed by atoms with Gasteiger partial charge in [0.05, 0.1) is 0 Å².